The molecular weight excluding hydrogens is 287 g/mol. The lowest BCUT2D eigenvalue weighted by molar-refractivity contribution is 0.0958. The van der Waals surface area contributed by atoms with Gasteiger partial charge in [-0.1, -0.05) is 6.92 Å². The molecule has 19 heavy (non-hydrogen) atoms. The van der Waals surface area contributed by atoms with Crippen LogP contribution >= 0.6 is 23.7 Å². The second-order valence-electron chi connectivity index (χ2n) is 3.90. The number of halogens is 2. The third-order valence-electron chi connectivity index (χ3n) is 2.54. The van der Waals surface area contributed by atoms with Crippen molar-refractivity contribution < 1.29 is 9.18 Å². The molecule has 3 nitrogen and oxygen atoms in total. The molecule has 0 fully saturated rings. The number of carbonyl (C=O) groups is 1. The summed E-state index contributed by atoms with van der Waals surface area (Å²) in [6.45, 7) is 4.25. The fourth-order valence-corrected chi connectivity index (χ4v) is 2.61. The van der Waals surface area contributed by atoms with Crippen molar-refractivity contribution in [3.8, 4) is 0 Å². The van der Waals surface area contributed by atoms with Gasteiger partial charge in [-0.15, -0.1) is 23.7 Å². The van der Waals surface area contributed by atoms with Crippen molar-refractivity contribution in [3.05, 3.63) is 35.0 Å². The highest BCUT2D eigenvalue weighted by atomic mass is 35.5. The first-order valence-corrected chi connectivity index (χ1v) is 6.70. The van der Waals surface area contributed by atoms with Crippen LogP contribution in [0.4, 0.5) is 4.39 Å². The molecule has 2 aromatic rings. The third-order valence-corrected chi connectivity index (χ3v) is 3.65. The predicted molar refractivity (Wildman–Crippen MR) is 79.9 cm³/mol. The highest BCUT2D eigenvalue weighted by Gasteiger charge is 2.09. The zero-order valence-corrected chi connectivity index (χ0v) is 12.2. The summed E-state index contributed by atoms with van der Waals surface area (Å²) >= 11 is 1.38. The Bertz CT molecular complexity index is 559. The fraction of sp³-hybridized carbons (Fsp3) is 0.308. The first-order valence-electron chi connectivity index (χ1n) is 5.88. The molecule has 0 aliphatic carbocycles. The minimum atomic E-state index is -0.278. The first-order chi connectivity index (χ1) is 8.70. The molecule has 1 aromatic carbocycles. The predicted octanol–water partition coefficient (Wildman–Crippen LogP) is 2.80. The molecule has 2 rings (SSSR count). The molecule has 1 aromatic heterocycles. The summed E-state index contributed by atoms with van der Waals surface area (Å²) in [5, 5.41) is 6.73. The molecule has 104 valence electrons. The Labute approximate surface area is 121 Å². The van der Waals surface area contributed by atoms with Gasteiger partial charge in [-0.05, 0) is 36.2 Å². The van der Waals surface area contributed by atoms with E-state index in [0.29, 0.717) is 11.4 Å². The lowest BCUT2D eigenvalue weighted by atomic mass is 10.2. The van der Waals surface area contributed by atoms with Crippen LogP contribution in [-0.4, -0.2) is 25.5 Å². The van der Waals surface area contributed by atoms with Crippen LogP contribution in [-0.2, 0) is 0 Å². The van der Waals surface area contributed by atoms with E-state index in [1.807, 2.05) is 6.92 Å². The SMILES string of the molecule is CCNCCNC(=O)c1cc2cc(F)ccc2s1.Cl. The summed E-state index contributed by atoms with van der Waals surface area (Å²) < 4.78 is 14.0. The maximum atomic E-state index is 13.0. The van der Waals surface area contributed by atoms with Crippen LogP contribution in [0, 0.1) is 5.82 Å². The molecule has 0 saturated heterocycles. The van der Waals surface area contributed by atoms with E-state index < -0.39 is 0 Å². The van der Waals surface area contributed by atoms with Gasteiger partial charge >= 0.3 is 0 Å². The smallest absolute Gasteiger partial charge is 0.261 e. The Morgan fingerprint density at radius 3 is 2.84 bits per heavy atom. The molecule has 0 bridgehead atoms. The molecule has 0 aliphatic heterocycles. The molecule has 0 unspecified atom stereocenters. The van der Waals surface area contributed by atoms with Crippen LogP contribution in [0.5, 0.6) is 0 Å². The van der Waals surface area contributed by atoms with Gasteiger partial charge in [0.05, 0.1) is 4.88 Å². The summed E-state index contributed by atoms with van der Waals surface area (Å²) in [4.78, 5) is 12.5. The van der Waals surface area contributed by atoms with Gasteiger partial charge in [0.2, 0.25) is 0 Å². The highest BCUT2D eigenvalue weighted by Crippen LogP contribution is 2.26. The second kappa shape index (κ2) is 7.43. The summed E-state index contributed by atoms with van der Waals surface area (Å²) in [5.41, 5.74) is 0. The van der Waals surface area contributed by atoms with Crippen LogP contribution in [0.1, 0.15) is 16.6 Å². The van der Waals surface area contributed by atoms with Gasteiger partial charge < -0.3 is 10.6 Å². The van der Waals surface area contributed by atoms with Crippen molar-refractivity contribution >= 4 is 39.7 Å². The lowest BCUT2D eigenvalue weighted by Gasteiger charge is -2.03. The number of amides is 1. The van der Waals surface area contributed by atoms with E-state index in [0.717, 1.165) is 23.2 Å². The average Bonchev–Trinajstić information content (AvgIpc) is 2.77. The van der Waals surface area contributed by atoms with Gasteiger partial charge in [-0.25, -0.2) is 4.39 Å². The van der Waals surface area contributed by atoms with Gasteiger partial charge in [0, 0.05) is 17.8 Å². The maximum absolute atomic E-state index is 13.0. The molecule has 6 heteroatoms. The van der Waals surface area contributed by atoms with Crippen molar-refractivity contribution in [2.45, 2.75) is 6.92 Å². The Morgan fingerprint density at radius 2 is 2.11 bits per heavy atom. The number of hydrogen-bond donors (Lipinski definition) is 2. The number of hydrogen-bond acceptors (Lipinski definition) is 3. The molecule has 1 heterocycles. The molecule has 2 N–H and O–H groups in total. The molecular formula is C13H16ClFN2OS. The molecule has 0 aliphatic rings. The van der Waals surface area contributed by atoms with Crippen LogP contribution < -0.4 is 10.6 Å². The largest absolute Gasteiger partial charge is 0.350 e. The monoisotopic (exact) mass is 302 g/mol. The van der Waals surface area contributed by atoms with Crippen molar-refractivity contribution in [1.29, 1.82) is 0 Å². The quantitative estimate of drug-likeness (QED) is 0.834. The average molecular weight is 303 g/mol. The van der Waals surface area contributed by atoms with Gasteiger partial charge in [0.15, 0.2) is 0 Å². The Kier molecular flexibility index (Phi) is 6.21. The molecule has 0 saturated carbocycles. The fourth-order valence-electron chi connectivity index (χ4n) is 1.65. The molecule has 0 radical (unpaired) electrons. The summed E-state index contributed by atoms with van der Waals surface area (Å²) in [6, 6.07) is 6.28. The van der Waals surface area contributed by atoms with E-state index in [9.17, 15) is 9.18 Å². The minimum absolute atomic E-state index is 0. The maximum Gasteiger partial charge on any atom is 0.261 e. The van der Waals surface area contributed by atoms with Crippen LogP contribution in [0.15, 0.2) is 24.3 Å². The van der Waals surface area contributed by atoms with Crippen LogP contribution in [0.3, 0.4) is 0 Å². The minimum Gasteiger partial charge on any atom is -0.350 e. The van der Waals surface area contributed by atoms with Gasteiger partial charge in [-0.2, -0.15) is 0 Å². The number of nitrogens with one attached hydrogen (secondary N) is 2. The Hall–Kier alpha value is -1.17. The summed E-state index contributed by atoms with van der Waals surface area (Å²) in [6.07, 6.45) is 0. The zero-order chi connectivity index (χ0) is 13.0. The van der Waals surface area contributed by atoms with E-state index in [1.165, 1.54) is 23.5 Å². The normalized spacial score (nSPS) is 10.2. The number of rotatable bonds is 5. The zero-order valence-electron chi connectivity index (χ0n) is 10.5. The number of fused-ring (bicyclic) bond motifs is 1. The molecule has 0 spiro atoms. The van der Waals surface area contributed by atoms with Crippen molar-refractivity contribution in [1.82, 2.24) is 10.6 Å². The number of carbonyl (C=O) groups excluding carboxylic acids is 1. The number of likely N-dealkylation sites (N-methyl/N-ethyl adjacent to an activating group) is 1. The second-order valence-corrected chi connectivity index (χ2v) is 4.99. The Balaban J connectivity index is 0.00000180. The van der Waals surface area contributed by atoms with Gasteiger partial charge in [0.1, 0.15) is 5.82 Å². The topological polar surface area (TPSA) is 41.1 Å². The summed E-state index contributed by atoms with van der Waals surface area (Å²) in [7, 11) is 0. The molecule has 1 amide bonds. The van der Waals surface area contributed by atoms with Crippen molar-refractivity contribution in [3.63, 3.8) is 0 Å². The van der Waals surface area contributed by atoms with Crippen LogP contribution in [0.25, 0.3) is 10.1 Å². The summed E-state index contributed by atoms with van der Waals surface area (Å²) in [5.74, 6) is -0.381. The first kappa shape index (κ1) is 15.9. The third kappa shape index (κ3) is 4.16. The van der Waals surface area contributed by atoms with E-state index in [1.54, 1.807) is 12.1 Å². The van der Waals surface area contributed by atoms with Gasteiger partial charge in [-0.3, -0.25) is 4.79 Å². The van der Waals surface area contributed by atoms with Crippen molar-refractivity contribution in [2.75, 3.05) is 19.6 Å². The van der Waals surface area contributed by atoms with Gasteiger partial charge in [0.25, 0.3) is 5.91 Å². The lowest BCUT2D eigenvalue weighted by Crippen LogP contribution is -2.31. The highest BCUT2D eigenvalue weighted by molar-refractivity contribution is 7.20. The van der Waals surface area contributed by atoms with Crippen molar-refractivity contribution in [2.24, 2.45) is 0 Å². The number of benzene rings is 1. The Morgan fingerprint density at radius 1 is 1.32 bits per heavy atom. The van der Waals surface area contributed by atoms with E-state index in [2.05, 4.69) is 10.6 Å². The number of thiophene rings is 1. The van der Waals surface area contributed by atoms with E-state index in [4.69, 9.17) is 0 Å². The standard InChI is InChI=1S/C13H15FN2OS.ClH/c1-2-15-5-6-16-13(17)12-8-9-7-10(14)3-4-11(9)18-12;/h3-4,7-8,15H,2,5-6H2,1H3,(H,16,17);1H. The molecule has 0 atom stereocenters. The van der Waals surface area contributed by atoms with Crippen LogP contribution in [0.2, 0.25) is 0 Å². The van der Waals surface area contributed by atoms with E-state index in [-0.39, 0.29) is 24.1 Å². The van der Waals surface area contributed by atoms with E-state index >= 15 is 0 Å².